The minimum Gasteiger partial charge on any atom is -0.395 e. The summed E-state index contributed by atoms with van der Waals surface area (Å²) in [7, 11) is 0. The molecule has 1 fully saturated rings. The van der Waals surface area contributed by atoms with Crippen LogP contribution in [-0.4, -0.2) is 70.3 Å². The van der Waals surface area contributed by atoms with E-state index < -0.39 is 0 Å². The van der Waals surface area contributed by atoms with Crippen LogP contribution in [0.25, 0.3) is 0 Å². The lowest BCUT2D eigenvalue weighted by Gasteiger charge is -2.33. The average molecular weight is 345 g/mol. The summed E-state index contributed by atoms with van der Waals surface area (Å²) in [5.41, 5.74) is 0.604. The summed E-state index contributed by atoms with van der Waals surface area (Å²) in [5.74, 6) is 0.865. The number of carbonyl (C=O) groups excluding carboxylic acids is 1. The van der Waals surface area contributed by atoms with Crippen molar-refractivity contribution in [2.75, 3.05) is 39.3 Å². The van der Waals surface area contributed by atoms with E-state index in [0.717, 1.165) is 32.7 Å². The summed E-state index contributed by atoms with van der Waals surface area (Å²) in [5, 5.41) is 15.7. The molecule has 2 heterocycles. The Kier molecular flexibility index (Phi) is 6.10. The minimum atomic E-state index is -0.160. The van der Waals surface area contributed by atoms with Crippen molar-refractivity contribution in [2.24, 2.45) is 0 Å². The Morgan fingerprint density at radius 1 is 1.16 bits per heavy atom. The Balaban J connectivity index is 1.44. The summed E-state index contributed by atoms with van der Waals surface area (Å²) >= 11 is 0. The zero-order chi connectivity index (χ0) is 17.5. The van der Waals surface area contributed by atoms with Crippen LogP contribution in [0.4, 0.5) is 0 Å². The van der Waals surface area contributed by atoms with E-state index in [0.29, 0.717) is 23.8 Å². The van der Waals surface area contributed by atoms with Crippen molar-refractivity contribution in [2.45, 2.75) is 13.1 Å². The van der Waals surface area contributed by atoms with Crippen LogP contribution >= 0.6 is 0 Å². The average Bonchev–Trinajstić information content (AvgIpc) is 3.10. The van der Waals surface area contributed by atoms with Gasteiger partial charge in [0.2, 0.25) is 5.89 Å². The second-order valence-electron chi connectivity index (χ2n) is 5.99. The van der Waals surface area contributed by atoms with Crippen molar-refractivity contribution in [3.63, 3.8) is 0 Å². The zero-order valence-electron chi connectivity index (χ0n) is 14.1. The number of hydrogen-bond donors (Lipinski definition) is 2. The third-order valence-corrected chi connectivity index (χ3v) is 4.19. The molecule has 134 valence electrons. The van der Waals surface area contributed by atoms with Crippen LogP contribution in [0.1, 0.15) is 22.1 Å². The molecule has 0 aliphatic carbocycles. The first-order valence-electron chi connectivity index (χ1n) is 8.45. The van der Waals surface area contributed by atoms with Gasteiger partial charge in [-0.05, 0) is 12.1 Å². The summed E-state index contributed by atoms with van der Waals surface area (Å²) in [6.07, 6.45) is 0. The fourth-order valence-corrected chi connectivity index (χ4v) is 2.78. The number of nitrogens with one attached hydrogen (secondary N) is 1. The van der Waals surface area contributed by atoms with Crippen LogP contribution in [0.2, 0.25) is 0 Å². The number of aromatic nitrogens is 2. The van der Waals surface area contributed by atoms with E-state index in [1.807, 2.05) is 18.2 Å². The molecule has 1 aliphatic heterocycles. The van der Waals surface area contributed by atoms with Gasteiger partial charge in [-0.1, -0.05) is 23.4 Å². The normalized spacial score (nSPS) is 16.0. The minimum absolute atomic E-state index is 0.160. The molecule has 1 aromatic carbocycles. The second-order valence-corrected chi connectivity index (χ2v) is 5.99. The Morgan fingerprint density at radius 3 is 2.60 bits per heavy atom. The van der Waals surface area contributed by atoms with Crippen LogP contribution in [0, 0.1) is 0 Å². The Morgan fingerprint density at radius 2 is 1.88 bits per heavy atom. The molecule has 0 unspecified atom stereocenters. The van der Waals surface area contributed by atoms with Gasteiger partial charge < -0.3 is 14.9 Å². The molecule has 1 aliphatic rings. The molecule has 2 aromatic rings. The molecule has 1 aromatic heterocycles. The lowest BCUT2D eigenvalue weighted by molar-refractivity contribution is 0.0949. The second kappa shape index (κ2) is 8.70. The molecular formula is C17H23N5O3. The van der Waals surface area contributed by atoms with Crippen LogP contribution in [0.15, 0.2) is 34.9 Å². The molecule has 8 heteroatoms. The van der Waals surface area contributed by atoms with Gasteiger partial charge in [0.1, 0.15) is 0 Å². The predicted molar refractivity (Wildman–Crippen MR) is 90.7 cm³/mol. The van der Waals surface area contributed by atoms with Gasteiger partial charge in [-0.2, -0.15) is 4.98 Å². The number of hydrogen-bond acceptors (Lipinski definition) is 7. The summed E-state index contributed by atoms with van der Waals surface area (Å²) < 4.78 is 5.27. The van der Waals surface area contributed by atoms with Crippen molar-refractivity contribution < 1.29 is 14.4 Å². The number of rotatable bonds is 7. The number of aliphatic hydroxyl groups is 1. The molecule has 1 saturated heterocycles. The Bertz CT molecular complexity index is 668. The van der Waals surface area contributed by atoms with Gasteiger partial charge in [0.05, 0.1) is 19.7 Å². The number of aliphatic hydroxyl groups excluding tert-OH is 1. The standard InChI is InChI=1S/C17H23N5O3/c23-11-10-21-6-8-22(9-7-21)13-16-19-15(20-25-16)12-18-17(24)14-4-2-1-3-5-14/h1-5,23H,6-13H2,(H,18,24). The molecule has 0 radical (unpaired) electrons. The van der Waals surface area contributed by atoms with Crippen molar-refractivity contribution in [3.8, 4) is 0 Å². The molecule has 0 spiro atoms. The number of nitrogens with zero attached hydrogens (tertiary/aromatic N) is 4. The summed E-state index contributed by atoms with van der Waals surface area (Å²) in [6, 6.07) is 9.02. The molecule has 2 N–H and O–H groups in total. The van der Waals surface area contributed by atoms with Gasteiger partial charge in [-0.3, -0.25) is 14.6 Å². The van der Waals surface area contributed by atoms with Gasteiger partial charge in [-0.15, -0.1) is 0 Å². The van der Waals surface area contributed by atoms with Crippen molar-refractivity contribution in [1.29, 1.82) is 0 Å². The highest BCUT2D eigenvalue weighted by atomic mass is 16.5. The smallest absolute Gasteiger partial charge is 0.251 e. The first kappa shape index (κ1) is 17.5. The molecule has 0 bridgehead atoms. The van der Waals surface area contributed by atoms with E-state index in [4.69, 9.17) is 9.63 Å². The van der Waals surface area contributed by atoms with Crippen LogP contribution in [0.3, 0.4) is 0 Å². The zero-order valence-corrected chi connectivity index (χ0v) is 14.1. The first-order valence-corrected chi connectivity index (χ1v) is 8.45. The number of piperazine rings is 1. The fraction of sp³-hybridized carbons (Fsp3) is 0.471. The lowest BCUT2D eigenvalue weighted by atomic mass is 10.2. The summed E-state index contributed by atoms with van der Waals surface area (Å²) in [4.78, 5) is 20.8. The van der Waals surface area contributed by atoms with Gasteiger partial charge in [0.25, 0.3) is 5.91 Å². The fourth-order valence-electron chi connectivity index (χ4n) is 2.78. The van der Waals surface area contributed by atoms with Gasteiger partial charge >= 0.3 is 0 Å². The van der Waals surface area contributed by atoms with Crippen LogP contribution in [0.5, 0.6) is 0 Å². The first-order chi connectivity index (χ1) is 12.2. The quantitative estimate of drug-likeness (QED) is 0.735. The molecule has 0 saturated carbocycles. The maximum Gasteiger partial charge on any atom is 0.251 e. The molecule has 1 amide bonds. The van der Waals surface area contributed by atoms with Gasteiger partial charge in [0, 0.05) is 38.3 Å². The molecule has 25 heavy (non-hydrogen) atoms. The lowest BCUT2D eigenvalue weighted by Crippen LogP contribution is -2.46. The van der Waals surface area contributed by atoms with Gasteiger partial charge in [0.15, 0.2) is 5.82 Å². The Labute approximate surface area is 146 Å². The van der Waals surface area contributed by atoms with Crippen LogP contribution in [-0.2, 0) is 13.1 Å². The van der Waals surface area contributed by atoms with E-state index in [9.17, 15) is 4.79 Å². The van der Waals surface area contributed by atoms with E-state index in [-0.39, 0.29) is 19.1 Å². The van der Waals surface area contributed by atoms with E-state index in [1.54, 1.807) is 12.1 Å². The van der Waals surface area contributed by atoms with Crippen molar-refractivity contribution in [1.82, 2.24) is 25.3 Å². The van der Waals surface area contributed by atoms with Crippen LogP contribution < -0.4 is 5.32 Å². The summed E-state index contributed by atoms with van der Waals surface area (Å²) in [6.45, 7) is 5.42. The maximum atomic E-state index is 12.0. The number of β-amino-alcohol motifs (C(OH)–C–C–N with tert-alkyl or cyclic N) is 1. The number of amides is 1. The largest absolute Gasteiger partial charge is 0.395 e. The highest BCUT2D eigenvalue weighted by Crippen LogP contribution is 2.07. The molecule has 3 rings (SSSR count). The van der Waals surface area contributed by atoms with E-state index in [2.05, 4.69) is 25.3 Å². The molecular weight excluding hydrogens is 322 g/mol. The maximum absolute atomic E-state index is 12.0. The highest BCUT2D eigenvalue weighted by Gasteiger charge is 2.19. The van der Waals surface area contributed by atoms with Crippen molar-refractivity contribution in [3.05, 3.63) is 47.6 Å². The van der Waals surface area contributed by atoms with Crippen molar-refractivity contribution >= 4 is 5.91 Å². The third-order valence-electron chi connectivity index (χ3n) is 4.19. The Hall–Kier alpha value is -2.29. The number of benzene rings is 1. The molecule has 0 atom stereocenters. The van der Waals surface area contributed by atoms with E-state index in [1.165, 1.54) is 0 Å². The highest BCUT2D eigenvalue weighted by molar-refractivity contribution is 5.93. The van der Waals surface area contributed by atoms with E-state index >= 15 is 0 Å². The number of carbonyl (C=O) groups is 1. The van der Waals surface area contributed by atoms with Gasteiger partial charge in [-0.25, -0.2) is 0 Å². The predicted octanol–water partition coefficient (Wildman–Crippen LogP) is 0.110. The monoisotopic (exact) mass is 345 g/mol. The SMILES string of the molecule is O=C(NCc1noc(CN2CCN(CCO)CC2)n1)c1ccccc1. The third kappa shape index (κ3) is 5.09. The topological polar surface area (TPSA) is 94.7 Å². The molecule has 8 nitrogen and oxygen atoms in total.